The second kappa shape index (κ2) is 10.1. The summed E-state index contributed by atoms with van der Waals surface area (Å²) in [7, 11) is 3.17. The van der Waals surface area contributed by atoms with Crippen LogP contribution in [0.3, 0.4) is 0 Å². The predicted octanol–water partition coefficient (Wildman–Crippen LogP) is 4.34. The molecule has 0 saturated heterocycles. The first kappa shape index (κ1) is 20.1. The fourth-order valence-electron chi connectivity index (χ4n) is 2.60. The van der Waals surface area contributed by atoms with E-state index in [1.807, 2.05) is 25.1 Å². The first-order valence-electron chi connectivity index (χ1n) is 8.41. The van der Waals surface area contributed by atoms with E-state index in [1.165, 1.54) is 17.8 Å². The Labute approximate surface area is 158 Å². The minimum Gasteiger partial charge on any atom is -0.493 e. The van der Waals surface area contributed by atoms with E-state index in [9.17, 15) is 9.18 Å². The van der Waals surface area contributed by atoms with E-state index in [0.717, 1.165) is 12.0 Å². The van der Waals surface area contributed by atoms with Crippen LogP contribution in [0.1, 0.15) is 30.5 Å². The maximum absolute atomic E-state index is 13.6. The fourth-order valence-corrected chi connectivity index (χ4v) is 3.42. The van der Waals surface area contributed by atoms with Crippen LogP contribution in [0, 0.1) is 5.82 Å². The Morgan fingerprint density at radius 1 is 1.15 bits per heavy atom. The van der Waals surface area contributed by atoms with Gasteiger partial charge in [0.2, 0.25) is 5.91 Å². The molecule has 0 fully saturated rings. The van der Waals surface area contributed by atoms with Gasteiger partial charge in [-0.25, -0.2) is 4.39 Å². The van der Waals surface area contributed by atoms with Crippen molar-refractivity contribution in [2.75, 3.05) is 20.0 Å². The van der Waals surface area contributed by atoms with Crippen LogP contribution in [0.5, 0.6) is 11.5 Å². The number of hydrogen-bond donors (Lipinski definition) is 1. The molecule has 0 aliphatic carbocycles. The van der Waals surface area contributed by atoms with Crippen LogP contribution < -0.4 is 14.8 Å². The molecule has 26 heavy (non-hydrogen) atoms. The monoisotopic (exact) mass is 377 g/mol. The van der Waals surface area contributed by atoms with Gasteiger partial charge >= 0.3 is 0 Å². The van der Waals surface area contributed by atoms with Gasteiger partial charge in [0, 0.05) is 5.75 Å². The van der Waals surface area contributed by atoms with Gasteiger partial charge in [-0.2, -0.15) is 0 Å². The summed E-state index contributed by atoms with van der Waals surface area (Å²) in [4.78, 5) is 12.3. The van der Waals surface area contributed by atoms with Gasteiger partial charge in [-0.15, -0.1) is 11.8 Å². The number of amides is 1. The quantitative estimate of drug-likeness (QED) is 0.706. The van der Waals surface area contributed by atoms with Gasteiger partial charge in [-0.05, 0) is 35.7 Å². The second-order valence-corrected chi connectivity index (χ2v) is 6.71. The van der Waals surface area contributed by atoms with Crippen molar-refractivity contribution in [2.24, 2.45) is 0 Å². The normalized spacial score (nSPS) is 11.7. The first-order valence-corrected chi connectivity index (χ1v) is 9.57. The topological polar surface area (TPSA) is 47.6 Å². The van der Waals surface area contributed by atoms with Gasteiger partial charge in [-0.3, -0.25) is 4.79 Å². The lowest BCUT2D eigenvalue weighted by atomic mass is 10.0. The second-order valence-electron chi connectivity index (χ2n) is 5.73. The van der Waals surface area contributed by atoms with Gasteiger partial charge in [0.05, 0.1) is 26.0 Å². The van der Waals surface area contributed by atoms with Gasteiger partial charge in [-0.1, -0.05) is 31.2 Å². The molecule has 140 valence electrons. The molecule has 1 amide bonds. The van der Waals surface area contributed by atoms with Crippen molar-refractivity contribution < 1.29 is 18.7 Å². The Kier molecular flexibility index (Phi) is 7.78. The van der Waals surface area contributed by atoms with Crippen molar-refractivity contribution in [1.29, 1.82) is 0 Å². The Morgan fingerprint density at radius 2 is 1.88 bits per heavy atom. The molecule has 1 N–H and O–H groups in total. The van der Waals surface area contributed by atoms with Crippen molar-refractivity contribution in [3.8, 4) is 11.5 Å². The number of thioether (sulfide) groups is 1. The number of carbonyl (C=O) groups is 1. The molecule has 2 aromatic carbocycles. The standard InChI is InChI=1S/C20H24FNO3S/c1-4-17(14-9-10-18(24-2)19(11-14)25-3)22-20(23)13-26-12-15-7-5-6-8-16(15)21/h5-11,17H,4,12-13H2,1-3H3,(H,22,23)/t17-/m1/s1. The third-order valence-electron chi connectivity index (χ3n) is 4.00. The highest BCUT2D eigenvalue weighted by atomic mass is 32.2. The Bertz CT molecular complexity index is 739. The van der Waals surface area contributed by atoms with Crippen LogP contribution in [-0.2, 0) is 10.5 Å². The fraction of sp³-hybridized carbons (Fsp3) is 0.350. The van der Waals surface area contributed by atoms with Crippen LogP contribution in [-0.4, -0.2) is 25.9 Å². The van der Waals surface area contributed by atoms with E-state index in [-0.39, 0.29) is 23.5 Å². The number of carbonyl (C=O) groups excluding carboxylic acids is 1. The molecule has 1 atom stereocenters. The van der Waals surface area contributed by atoms with E-state index >= 15 is 0 Å². The summed E-state index contributed by atoms with van der Waals surface area (Å²) >= 11 is 1.39. The molecule has 0 radical (unpaired) electrons. The number of hydrogen-bond acceptors (Lipinski definition) is 4. The van der Waals surface area contributed by atoms with Gasteiger partial charge in [0.15, 0.2) is 11.5 Å². The maximum atomic E-state index is 13.6. The third-order valence-corrected chi connectivity index (χ3v) is 4.98. The molecule has 0 aliphatic heterocycles. The highest BCUT2D eigenvalue weighted by Crippen LogP contribution is 2.30. The largest absolute Gasteiger partial charge is 0.493 e. The zero-order valence-corrected chi connectivity index (χ0v) is 16.1. The van der Waals surface area contributed by atoms with Crippen molar-refractivity contribution in [2.45, 2.75) is 25.1 Å². The zero-order chi connectivity index (χ0) is 18.9. The van der Waals surface area contributed by atoms with Crippen LogP contribution in [0.2, 0.25) is 0 Å². The smallest absolute Gasteiger partial charge is 0.230 e. The van der Waals surface area contributed by atoms with E-state index < -0.39 is 0 Å². The highest BCUT2D eigenvalue weighted by molar-refractivity contribution is 7.99. The number of nitrogens with one attached hydrogen (secondary N) is 1. The minimum absolute atomic E-state index is 0.0759. The molecule has 2 aromatic rings. The van der Waals surface area contributed by atoms with Crippen molar-refractivity contribution in [3.63, 3.8) is 0 Å². The SMILES string of the molecule is CC[C@@H](NC(=O)CSCc1ccccc1F)c1ccc(OC)c(OC)c1. The van der Waals surface area contributed by atoms with Crippen molar-refractivity contribution in [3.05, 3.63) is 59.4 Å². The highest BCUT2D eigenvalue weighted by Gasteiger charge is 2.15. The summed E-state index contributed by atoms with van der Waals surface area (Å²) in [5.41, 5.74) is 1.56. The Morgan fingerprint density at radius 3 is 2.54 bits per heavy atom. The average Bonchev–Trinajstić information content (AvgIpc) is 2.67. The zero-order valence-electron chi connectivity index (χ0n) is 15.3. The van der Waals surface area contributed by atoms with E-state index in [2.05, 4.69) is 5.32 Å². The molecule has 0 spiro atoms. The molecule has 6 heteroatoms. The number of ether oxygens (including phenoxy) is 2. The van der Waals surface area contributed by atoms with E-state index in [1.54, 1.807) is 32.4 Å². The van der Waals surface area contributed by atoms with Gasteiger partial charge in [0.25, 0.3) is 0 Å². The first-order chi connectivity index (χ1) is 12.6. The summed E-state index contributed by atoms with van der Waals surface area (Å²) in [5.74, 6) is 1.71. The molecule has 0 aromatic heterocycles. The minimum atomic E-state index is -0.239. The molecule has 0 bridgehead atoms. The molecule has 0 heterocycles. The Balaban J connectivity index is 1.92. The molecule has 4 nitrogen and oxygen atoms in total. The summed E-state index contributed by atoms with van der Waals surface area (Å²) in [6.45, 7) is 2.01. The van der Waals surface area contributed by atoms with E-state index in [4.69, 9.17) is 9.47 Å². The summed E-state index contributed by atoms with van der Waals surface area (Å²) in [6, 6.07) is 12.1. The van der Waals surface area contributed by atoms with Gasteiger partial charge in [0.1, 0.15) is 5.82 Å². The van der Waals surface area contributed by atoms with Crippen LogP contribution in [0.15, 0.2) is 42.5 Å². The lowest BCUT2D eigenvalue weighted by Crippen LogP contribution is -2.29. The number of benzene rings is 2. The van der Waals surface area contributed by atoms with E-state index in [0.29, 0.717) is 22.8 Å². The molecular formula is C20H24FNO3S. The molecular weight excluding hydrogens is 353 g/mol. The molecule has 0 saturated carbocycles. The Hall–Kier alpha value is -2.21. The summed E-state index contributed by atoms with van der Waals surface area (Å²) in [5, 5.41) is 3.02. The van der Waals surface area contributed by atoms with Crippen LogP contribution in [0.4, 0.5) is 4.39 Å². The predicted molar refractivity (Wildman–Crippen MR) is 103 cm³/mol. The number of rotatable bonds is 9. The molecule has 0 aliphatic rings. The lowest BCUT2D eigenvalue weighted by molar-refractivity contribution is -0.119. The average molecular weight is 377 g/mol. The van der Waals surface area contributed by atoms with Gasteiger partial charge < -0.3 is 14.8 Å². The van der Waals surface area contributed by atoms with Crippen molar-refractivity contribution >= 4 is 17.7 Å². The van der Waals surface area contributed by atoms with Crippen molar-refractivity contribution in [1.82, 2.24) is 5.32 Å². The molecule has 2 rings (SSSR count). The van der Waals surface area contributed by atoms with Crippen LogP contribution >= 0.6 is 11.8 Å². The maximum Gasteiger partial charge on any atom is 0.230 e. The lowest BCUT2D eigenvalue weighted by Gasteiger charge is -2.19. The summed E-state index contributed by atoms with van der Waals surface area (Å²) in [6.07, 6.45) is 0.749. The third kappa shape index (κ3) is 5.39. The number of methoxy groups -OCH3 is 2. The molecule has 0 unspecified atom stereocenters. The summed E-state index contributed by atoms with van der Waals surface area (Å²) < 4.78 is 24.2. The van der Waals surface area contributed by atoms with Crippen LogP contribution in [0.25, 0.3) is 0 Å². The number of halogens is 1.